The largest absolute Gasteiger partial charge is 0.417 e. The number of anilines is 2. The number of aromatic nitrogens is 2. The molecule has 7 nitrogen and oxygen atoms in total. The highest BCUT2D eigenvalue weighted by atomic mass is 35.5. The summed E-state index contributed by atoms with van der Waals surface area (Å²) in [5.74, 6) is -0.503. The van der Waals surface area contributed by atoms with Crippen LogP contribution in [0.1, 0.15) is 0 Å². The van der Waals surface area contributed by atoms with E-state index in [1.54, 1.807) is 36.4 Å². The van der Waals surface area contributed by atoms with Crippen molar-refractivity contribution in [3.8, 4) is 11.3 Å². The number of carbonyl (C=O) groups is 1. The van der Waals surface area contributed by atoms with E-state index in [-0.39, 0.29) is 0 Å². The molecule has 2 amide bonds. The topological polar surface area (TPSA) is 100 Å². The Morgan fingerprint density at radius 1 is 1.15 bits per heavy atom. The van der Waals surface area contributed by atoms with Crippen LogP contribution in [0, 0.1) is 0 Å². The van der Waals surface area contributed by atoms with Gasteiger partial charge in [0.15, 0.2) is 10.7 Å². The second-order valence-electron chi connectivity index (χ2n) is 5.35. The smallest absolute Gasteiger partial charge is 0.408 e. The van der Waals surface area contributed by atoms with E-state index < -0.39 is 11.8 Å². The number of carbonyl (C=O) groups excluding carboxylic acids is 1. The summed E-state index contributed by atoms with van der Waals surface area (Å²) in [6, 6.07) is 11.7. The van der Waals surface area contributed by atoms with Crippen molar-refractivity contribution < 1.29 is 9.21 Å². The summed E-state index contributed by atoms with van der Waals surface area (Å²) in [4.78, 5) is 30.2. The van der Waals surface area contributed by atoms with Gasteiger partial charge in [0.05, 0.1) is 11.2 Å². The second-order valence-corrected chi connectivity index (χ2v) is 6.64. The number of nitrogens with one attached hydrogen (secondary N) is 3. The van der Waals surface area contributed by atoms with Crippen LogP contribution >= 0.6 is 22.9 Å². The highest BCUT2D eigenvalue weighted by Crippen LogP contribution is 2.27. The van der Waals surface area contributed by atoms with Gasteiger partial charge < -0.3 is 9.73 Å². The molecule has 3 N–H and O–H groups in total. The average molecular weight is 387 g/mol. The number of hydrogen-bond acceptors (Lipinski definition) is 5. The Balaban J connectivity index is 1.48. The van der Waals surface area contributed by atoms with Crippen molar-refractivity contribution in [3.05, 3.63) is 63.4 Å². The Morgan fingerprint density at radius 2 is 1.96 bits per heavy atom. The van der Waals surface area contributed by atoms with Gasteiger partial charge >= 0.3 is 11.8 Å². The molecule has 0 saturated carbocycles. The summed E-state index contributed by atoms with van der Waals surface area (Å²) in [6.45, 7) is 0. The van der Waals surface area contributed by atoms with Crippen molar-refractivity contribution in [2.24, 2.45) is 0 Å². The number of thiazole rings is 1. The van der Waals surface area contributed by atoms with Crippen LogP contribution in [0.4, 0.5) is 15.6 Å². The number of urea groups is 1. The van der Waals surface area contributed by atoms with Gasteiger partial charge in [-0.2, -0.15) is 0 Å². The molecule has 26 heavy (non-hydrogen) atoms. The van der Waals surface area contributed by atoms with Crippen LogP contribution in [-0.4, -0.2) is 16.0 Å². The summed E-state index contributed by atoms with van der Waals surface area (Å²) in [7, 11) is 0. The number of benzene rings is 2. The van der Waals surface area contributed by atoms with Gasteiger partial charge in [-0.05, 0) is 36.4 Å². The predicted molar refractivity (Wildman–Crippen MR) is 102 cm³/mol. The first-order chi connectivity index (χ1) is 12.6. The molecule has 0 saturated heterocycles. The standard InChI is InChI=1S/C17H11ClN4O3S/c18-10-2-4-11(5-3-10)19-15(23)22-16-20-13(8-26-16)9-1-6-12-14(7-9)25-17(24)21-12/h1-8H,(H,21,24)(H2,19,20,22,23). The van der Waals surface area contributed by atoms with Crippen LogP contribution in [0.2, 0.25) is 5.02 Å². The van der Waals surface area contributed by atoms with Crippen molar-refractivity contribution in [2.75, 3.05) is 10.6 Å². The van der Waals surface area contributed by atoms with E-state index in [1.807, 2.05) is 11.4 Å². The van der Waals surface area contributed by atoms with E-state index in [9.17, 15) is 9.59 Å². The molecule has 130 valence electrons. The SMILES string of the molecule is O=C(Nc1ccc(Cl)cc1)Nc1nc(-c2ccc3[nH]c(=O)oc3c2)cs1. The van der Waals surface area contributed by atoms with Gasteiger partial charge in [0.1, 0.15) is 0 Å². The summed E-state index contributed by atoms with van der Waals surface area (Å²) in [5, 5.41) is 8.23. The van der Waals surface area contributed by atoms with E-state index in [0.717, 1.165) is 5.56 Å². The van der Waals surface area contributed by atoms with Crippen LogP contribution in [0.3, 0.4) is 0 Å². The first-order valence-electron chi connectivity index (χ1n) is 7.49. The lowest BCUT2D eigenvalue weighted by molar-refractivity contribution is 0.262. The lowest BCUT2D eigenvalue weighted by Gasteiger charge is -2.05. The lowest BCUT2D eigenvalue weighted by Crippen LogP contribution is -2.19. The van der Waals surface area contributed by atoms with E-state index >= 15 is 0 Å². The molecule has 4 rings (SSSR count). The molecular weight excluding hydrogens is 376 g/mol. The molecule has 2 heterocycles. The molecule has 2 aromatic carbocycles. The Labute approximate surface area is 155 Å². The Kier molecular flexibility index (Phi) is 4.19. The molecule has 0 fully saturated rings. The Hall–Kier alpha value is -3.10. The van der Waals surface area contributed by atoms with E-state index in [4.69, 9.17) is 16.0 Å². The average Bonchev–Trinajstić information content (AvgIpc) is 3.21. The molecular formula is C17H11ClN4O3S. The number of fused-ring (bicyclic) bond motifs is 1. The zero-order chi connectivity index (χ0) is 18.1. The molecule has 0 aliphatic carbocycles. The van der Waals surface area contributed by atoms with E-state index in [1.165, 1.54) is 11.3 Å². The van der Waals surface area contributed by atoms with Crippen LogP contribution in [0.25, 0.3) is 22.4 Å². The molecule has 0 bridgehead atoms. The summed E-state index contributed by atoms with van der Waals surface area (Å²) >= 11 is 7.11. The number of nitrogens with zero attached hydrogens (tertiary/aromatic N) is 1. The summed E-state index contributed by atoms with van der Waals surface area (Å²) in [5.41, 5.74) is 3.15. The van der Waals surface area contributed by atoms with Gasteiger partial charge in [-0.15, -0.1) is 11.3 Å². The zero-order valence-corrected chi connectivity index (χ0v) is 14.6. The van der Waals surface area contributed by atoms with Gasteiger partial charge in [0, 0.05) is 21.7 Å². The number of halogens is 1. The lowest BCUT2D eigenvalue weighted by atomic mass is 10.1. The minimum atomic E-state index is -0.503. The molecule has 0 aliphatic rings. The molecule has 2 aromatic heterocycles. The van der Waals surface area contributed by atoms with E-state index in [0.29, 0.717) is 32.6 Å². The van der Waals surface area contributed by atoms with Crippen molar-refractivity contribution in [3.63, 3.8) is 0 Å². The fourth-order valence-corrected chi connectivity index (χ4v) is 3.20. The third kappa shape index (κ3) is 3.46. The number of aromatic amines is 1. The molecule has 0 atom stereocenters. The maximum Gasteiger partial charge on any atom is 0.417 e. The third-order valence-corrected chi connectivity index (χ3v) is 4.55. The van der Waals surface area contributed by atoms with Crippen molar-refractivity contribution in [1.29, 1.82) is 0 Å². The maximum atomic E-state index is 12.0. The molecule has 0 radical (unpaired) electrons. The van der Waals surface area contributed by atoms with Crippen LogP contribution < -0.4 is 16.4 Å². The van der Waals surface area contributed by atoms with Gasteiger partial charge in [0.2, 0.25) is 0 Å². The predicted octanol–water partition coefficient (Wildman–Crippen LogP) is 4.54. The van der Waals surface area contributed by atoms with Crippen LogP contribution in [-0.2, 0) is 0 Å². The monoisotopic (exact) mass is 386 g/mol. The molecule has 9 heteroatoms. The number of H-pyrrole nitrogens is 1. The maximum absolute atomic E-state index is 12.0. The number of hydrogen-bond donors (Lipinski definition) is 3. The number of amides is 2. The quantitative estimate of drug-likeness (QED) is 0.481. The fourth-order valence-electron chi connectivity index (χ4n) is 2.36. The molecule has 0 aliphatic heterocycles. The van der Waals surface area contributed by atoms with Crippen molar-refractivity contribution in [1.82, 2.24) is 9.97 Å². The zero-order valence-electron chi connectivity index (χ0n) is 13.1. The second kappa shape index (κ2) is 6.66. The minimum Gasteiger partial charge on any atom is -0.408 e. The van der Waals surface area contributed by atoms with Gasteiger partial charge in [-0.1, -0.05) is 17.7 Å². The van der Waals surface area contributed by atoms with Crippen molar-refractivity contribution >= 4 is 50.9 Å². The Morgan fingerprint density at radius 3 is 2.77 bits per heavy atom. The first-order valence-corrected chi connectivity index (χ1v) is 8.75. The third-order valence-electron chi connectivity index (χ3n) is 3.54. The van der Waals surface area contributed by atoms with Gasteiger partial charge in [0.25, 0.3) is 0 Å². The van der Waals surface area contributed by atoms with Gasteiger partial charge in [-0.25, -0.2) is 14.6 Å². The normalized spacial score (nSPS) is 10.8. The number of rotatable bonds is 3. The molecule has 0 unspecified atom stereocenters. The van der Waals surface area contributed by atoms with Crippen molar-refractivity contribution in [2.45, 2.75) is 0 Å². The summed E-state index contributed by atoms with van der Waals surface area (Å²) < 4.78 is 5.05. The van der Waals surface area contributed by atoms with Crippen LogP contribution in [0.5, 0.6) is 0 Å². The first kappa shape index (κ1) is 16.4. The molecule has 4 aromatic rings. The fraction of sp³-hybridized carbons (Fsp3) is 0. The highest BCUT2D eigenvalue weighted by molar-refractivity contribution is 7.14. The number of oxazole rings is 1. The summed E-state index contributed by atoms with van der Waals surface area (Å²) in [6.07, 6.45) is 0. The Bertz CT molecular complexity index is 1150. The molecule has 0 spiro atoms. The van der Waals surface area contributed by atoms with E-state index in [2.05, 4.69) is 20.6 Å². The highest BCUT2D eigenvalue weighted by Gasteiger charge is 2.10. The minimum absolute atomic E-state index is 0.402. The van der Waals surface area contributed by atoms with Crippen LogP contribution in [0.15, 0.2) is 57.1 Å². The van der Waals surface area contributed by atoms with Gasteiger partial charge in [-0.3, -0.25) is 10.3 Å².